The molecular weight excluding hydrogens is 410 g/mol. The Kier molecular flexibility index (Phi) is 7.78. The van der Waals surface area contributed by atoms with Crippen LogP contribution in [0.15, 0.2) is 6.20 Å². The number of hydrogen-bond donors (Lipinski definition) is 1. The van der Waals surface area contributed by atoms with Crippen molar-refractivity contribution in [2.75, 3.05) is 52.5 Å². The Hall–Kier alpha value is -2.42. The maximum absolute atomic E-state index is 13.1. The van der Waals surface area contributed by atoms with Crippen molar-refractivity contribution in [3.63, 3.8) is 0 Å². The molecule has 3 aliphatic heterocycles. The number of amides is 3. The summed E-state index contributed by atoms with van der Waals surface area (Å²) < 4.78 is 5.57. The van der Waals surface area contributed by atoms with Gasteiger partial charge in [0.05, 0.1) is 24.1 Å². The van der Waals surface area contributed by atoms with Gasteiger partial charge in [-0.2, -0.15) is 5.10 Å². The number of hydrogen-bond acceptors (Lipinski definition) is 5. The van der Waals surface area contributed by atoms with Crippen molar-refractivity contribution in [2.45, 2.75) is 57.3 Å². The molecule has 0 spiro atoms. The Morgan fingerprint density at radius 2 is 1.81 bits per heavy atom. The molecule has 9 heteroatoms. The lowest BCUT2D eigenvalue weighted by Gasteiger charge is -2.33. The molecule has 0 radical (unpaired) electrons. The Labute approximate surface area is 189 Å². The zero-order valence-corrected chi connectivity index (χ0v) is 18.9. The standard InChI is InChI=1S/C23H35N5O4/c29-20-8-6-11-26(20)13-14-32-17-21(30)28-12-5-7-18(16-28)22-19(15-24-25-22)23(31)27-9-3-1-2-4-10-27/h15,18H,1-14,16-17H2,(H,24,25)/t18-/m0/s1. The number of piperidine rings is 1. The van der Waals surface area contributed by atoms with E-state index >= 15 is 0 Å². The van der Waals surface area contributed by atoms with Gasteiger partial charge in [-0.05, 0) is 32.1 Å². The molecule has 9 nitrogen and oxygen atoms in total. The zero-order chi connectivity index (χ0) is 22.3. The van der Waals surface area contributed by atoms with Crippen LogP contribution >= 0.6 is 0 Å². The first kappa shape index (κ1) is 22.8. The number of rotatable bonds is 7. The number of aromatic nitrogens is 2. The van der Waals surface area contributed by atoms with Crippen LogP contribution in [0.5, 0.6) is 0 Å². The van der Waals surface area contributed by atoms with E-state index in [1.165, 1.54) is 12.8 Å². The van der Waals surface area contributed by atoms with Crippen LogP contribution in [0.25, 0.3) is 0 Å². The van der Waals surface area contributed by atoms with E-state index in [1.807, 2.05) is 9.80 Å². The molecule has 1 aromatic heterocycles. The predicted molar refractivity (Wildman–Crippen MR) is 118 cm³/mol. The number of aromatic amines is 1. The highest BCUT2D eigenvalue weighted by molar-refractivity contribution is 5.95. The van der Waals surface area contributed by atoms with Crippen LogP contribution in [0.1, 0.15) is 73.3 Å². The number of nitrogens with zero attached hydrogens (tertiary/aromatic N) is 4. The van der Waals surface area contributed by atoms with Gasteiger partial charge in [0, 0.05) is 51.6 Å². The van der Waals surface area contributed by atoms with Crippen LogP contribution in [-0.2, 0) is 14.3 Å². The molecule has 0 saturated carbocycles. The van der Waals surface area contributed by atoms with E-state index in [0.29, 0.717) is 38.2 Å². The first-order chi connectivity index (χ1) is 15.6. The first-order valence-corrected chi connectivity index (χ1v) is 12.1. The molecule has 3 aliphatic rings. The minimum absolute atomic E-state index is 0.0251. The summed E-state index contributed by atoms with van der Waals surface area (Å²) in [6.45, 7) is 4.61. The summed E-state index contributed by atoms with van der Waals surface area (Å²) in [5.74, 6) is 0.258. The average molecular weight is 446 g/mol. The molecule has 4 rings (SSSR count). The summed E-state index contributed by atoms with van der Waals surface area (Å²) in [5, 5.41) is 7.23. The lowest BCUT2D eigenvalue weighted by atomic mass is 9.92. The van der Waals surface area contributed by atoms with Gasteiger partial charge in [0.2, 0.25) is 11.8 Å². The molecule has 32 heavy (non-hydrogen) atoms. The van der Waals surface area contributed by atoms with Gasteiger partial charge in [-0.1, -0.05) is 12.8 Å². The van der Waals surface area contributed by atoms with Gasteiger partial charge in [0.1, 0.15) is 6.61 Å². The van der Waals surface area contributed by atoms with Crippen molar-refractivity contribution in [1.29, 1.82) is 0 Å². The van der Waals surface area contributed by atoms with Crippen LogP contribution in [0.2, 0.25) is 0 Å². The molecule has 0 unspecified atom stereocenters. The third kappa shape index (κ3) is 5.49. The van der Waals surface area contributed by atoms with E-state index in [-0.39, 0.29) is 30.2 Å². The van der Waals surface area contributed by atoms with Gasteiger partial charge < -0.3 is 19.4 Å². The van der Waals surface area contributed by atoms with Gasteiger partial charge in [-0.15, -0.1) is 0 Å². The fourth-order valence-corrected chi connectivity index (χ4v) is 5.03. The van der Waals surface area contributed by atoms with Crippen molar-refractivity contribution in [3.05, 3.63) is 17.5 Å². The van der Waals surface area contributed by atoms with Gasteiger partial charge in [-0.25, -0.2) is 0 Å². The number of H-pyrrole nitrogens is 1. The van der Waals surface area contributed by atoms with Crippen molar-refractivity contribution < 1.29 is 19.1 Å². The summed E-state index contributed by atoms with van der Waals surface area (Å²) in [6, 6.07) is 0. The smallest absolute Gasteiger partial charge is 0.257 e. The Morgan fingerprint density at radius 3 is 2.56 bits per heavy atom. The molecule has 3 amide bonds. The summed E-state index contributed by atoms with van der Waals surface area (Å²) >= 11 is 0. The van der Waals surface area contributed by atoms with Crippen LogP contribution in [-0.4, -0.2) is 95.1 Å². The van der Waals surface area contributed by atoms with E-state index < -0.39 is 0 Å². The summed E-state index contributed by atoms with van der Waals surface area (Å²) in [6.07, 6.45) is 9.43. The molecule has 3 saturated heterocycles. The molecular formula is C23H35N5O4. The SMILES string of the molecule is O=C1CCCN1CCOCC(=O)N1CCC[C@H](c2[nH]ncc2C(=O)N2CCCCCC2)C1. The molecule has 1 N–H and O–H groups in total. The van der Waals surface area contributed by atoms with Crippen LogP contribution < -0.4 is 0 Å². The van der Waals surface area contributed by atoms with Gasteiger partial charge in [0.25, 0.3) is 5.91 Å². The number of ether oxygens (including phenoxy) is 1. The summed E-state index contributed by atoms with van der Waals surface area (Å²) in [4.78, 5) is 43.1. The lowest BCUT2D eigenvalue weighted by molar-refractivity contribution is -0.137. The number of carbonyl (C=O) groups is 3. The Morgan fingerprint density at radius 1 is 1.03 bits per heavy atom. The number of nitrogens with one attached hydrogen (secondary N) is 1. The minimum atomic E-state index is -0.0395. The van der Waals surface area contributed by atoms with Crippen molar-refractivity contribution in [1.82, 2.24) is 24.9 Å². The van der Waals surface area contributed by atoms with E-state index in [1.54, 1.807) is 11.1 Å². The molecule has 0 aliphatic carbocycles. The summed E-state index contributed by atoms with van der Waals surface area (Å²) in [5.41, 5.74) is 1.50. The van der Waals surface area contributed by atoms with Crippen LogP contribution in [0.4, 0.5) is 0 Å². The molecule has 1 aromatic rings. The fourth-order valence-electron chi connectivity index (χ4n) is 5.03. The molecule has 4 heterocycles. The van der Waals surface area contributed by atoms with Crippen molar-refractivity contribution in [2.24, 2.45) is 0 Å². The monoisotopic (exact) mass is 445 g/mol. The predicted octanol–water partition coefficient (Wildman–Crippen LogP) is 1.77. The zero-order valence-electron chi connectivity index (χ0n) is 18.9. The quantitative estimate of drug-likeness (QED) is 0.645. The van der Waals surface area contributed by atoms with Gasteiger partial charge >= 0.3 is 0 Å². The maximum Gasteiger partial charge on any atom is 0.257 e. The van der Waals surface area contributed by atoms with Crippen LogP contribution in [0.3, 0.4) is 0 Å². The minimum Gasteiger partial charge on any atom is -0.370 e. The topological polar surface area (TPSA) is 98.8 Å². The van der Waals surface area contributed by atoms with Gasteiger partial charge in [-0.3, -0.25) is 19.5 Å². The van der Waals surface area contributed by atoms with E-state index in [9.17, 15) is 14.4 Å². The number of likely N-dealkylation sites (tertiary alicyclic amines) is 3. The number of carbonyl (C=O) groups excluding carboxylic acids is 3. The third-order valence-electron chi connectivity index (χ3n) is 6.88. The van der Waals surface area contributed by atoms with Crippen molar-refractivity contribution in [3.8, 4) is 0 Å². The van der Waals surface area contributed by atoms with E-state index in [4.69, 9.17) is 4.74 Å². The first-order valence-electron chi connectivity index (χ1n) is 12.1. The largest absolute Gasteiger partial charge is 0.370 e. The molecule has 3 fully saturated rings. The maximum atomic E-state index is 13.1. The van der Waals surface area contributed by atoms with Gasteiger partial charge in [0.15, 0.2) is 0 Å². The van der Waals surface area contributed by atoms with E-state index in [0.717, 1.165) is 57.4 Å². The third-order valence-corrected chi connectivity index (χ3v) is 6.88. The highest BCUT2D eigenvalue weighted by Gasteiger charge is 2.30. The van der Waals surface area contributed by atoms with Crippen molar-refractivity contribution >= 4 is 17.7 Å². The highest BCUT2D eigenvalue weighted by atomic mass is 16.5. The highest BCUT2D eigenvalue weighted by Crippen LogP contribution is 2.29. The second-order valence-corrected chi connectivity index (χ2v) is 9.12. The lowest BCUT2D eigenvalue weighted by Crippen LogP contribution is -2.42. The van der Waals surface area contributed by atoms with Crippen LogP contribution in [0, 0.1) is 0 Å². The van der Waals surface area contributed by atoms with E-state index in [2.05, 4.69) is 10.2 Å². The average Bonchev–Trinajstić information content (AvgIpc) is 3.37. The molecule has 1 atom stereocenters. The second-order valence-electron chi connectivity index (χ2n) is 9.12. The molecule has 0 bridgehead atoms. The molecule has 0 aromatic carbocycles. The Bertz CT molecular complexity index is 802. The fraction of sp³-hybridized carbons (Fsp3) is 0.739. The summed E-state index contributed by atoms with van der Waals surface area (Å²) in [7, 11) is 0. The Balaban J connectivity index is 1.29. The molecule has 176 valence electrons. The second kappa shape index (κ2) is 10.9. The normalized spacial score (nSPS) is 22.3.